The van der Waals surface area contributed by atoms with Crippen LogP contribution in [0, 0.1) is 0 Å². The van der Waals surface area contributed by atoms with Crippen LogP contribution in [-0.2, 0) is 0 Å². The van der Waals surface area contributed by atoms with Crippen molar-refractivity contribution in [2.75, 3.05) is 0 Å². The highest BCUT2D eigenvalue weighted by Gasteiger charge is 2.33. The fraction of sp³-hybridized carbons (Fsp3) is 0.120. The normalized spacial score (nSPS) is 14.1. The fourth-order valence-electron chi connectivity index (χ4n) is 3.56. The molecule has 0 radical (unpaired) electrons. The zero-order valence-corrected chi connectivity index (χ0v) is 18.3. The van der Waals surface area contributed by atoms with Gasteiger partial charge in [-0.05, 0) is 57.1 Å². The zero-order valence-electron chi connectivity index (χ0n) is 16.5. The molecule has 2 aromatic carbocycles. The van der Waals surface area contributed by atoms with Crippen LogP contribution < -0.4 is 21.5 Å². The van der Waals surface area contributed by atoms with E-state index in [0.29, 0.717) is 5.40 Å². The van der Waals surface area contributed by atoms with Gasteiger partial charge in [-0.15, -0.1) is 0 Å². The highest BCUT2D eigenvalue weighted by Crippen LogP contribution is 2.56. The zero-order chi connectivity index (χ0) is 19.9. The minimum absolute atomic E-state index is 0.453. The molecule has 4 aromatic rings. The monoisotopic (exact) mass is 414 g/mol. The third-order valence-electron chi connectivity index (χ3n) is 4.82. The van der Waals surface area contributed by atoms with E-state index in [1.54, 1.807) is 0 Å². The van der Waals surface area contributed by atoms with Gasteiger partial charge in [0.05, 0.1) is 10.9 Å². The summed E-state index contributed by atoms with van der Waals surface area (Å²) in [6, 6.07) is 34.4. The maximum atomic E-state index is 4.81. The summed E-state index contributed by atoms with van der Waals surface area (Å²) in [5.41, 5.74) is 2.39. The van der Waals surface area contributed by atoms with E-state index in [1.165, 1.54) is 21.5 Å². The average molecular weight is 414 g/mol. The van der Waals surface area contributed by atoms with Crippen LogP contribution in [-0.4, -0.2) is 15.4 Å². The summed E-state index contributed by atoms with van der Waals surface area (Å²) in [6.07, 6.45) is 4.92. The maximum absolute atomic E-state index is 4.81. The number of rotatable bonds is 7. The Kier molecular flexibility index (Phi) is 6.78. The molecule has 4 rings (SSSR count). The van der Waals surface area contributed by atoms with Crippen molar-refractivity contribution < 1.29 is 0 Å². The van der Waals surface area contributed by atoms with Gasteiger partial charge in [-0.3, -0.25) is 9.97 Å². The van der Waals surface area contributed by atoms with Gasteiger partial charge in [0.1, 0.15) is 0 Å². The van der Waals surface area contributed by atoms with Gasteiger partial charge in [-0.2, -0.15) is 0 Å². The molecule has 0 saturated carbocycles. The predicted molar refractivity (Wildman–Crippen MR) is 128 cm³/mol. The second kappa shape index (κ2) is 9.88. The highest BCUT2D eigenvalue weighted by atomic mass is 31.2. The van der Waals surface area contributed by atoms with Crippen molar-refractivity contribution in [1.29, 1.82) is 0 Å². The predicted octanol–water partition coefficient (Wildman–Crippen LogP) is 4.78. The van der Waals surface area contributed by atoms with Crippen LogP contribution in [0.3, 0.4) is 0 Å². The quantitative estimate of drug-likeness (QED) is 0.407. The van der Waals surface area contributed by atoms with Gasteiger partial charge in [0.15, 0.2) is 0 Å². The molecule has 2 aromatic heterocycles. The minimum atomic E-state index is -0.623. The third kappa shape index (κ3) is 4.61. The molecule has 0 fully saturated rings. The van der Waals surface area contributed by atoms with Crippen LogP contribution in [0.5, 0.6) is 0 Å². The molecule has 2 nitrogen and oxygen atoms in total. The van der Waals surface area contributed by atoms with Crippen molar-refractivity contribution in [2.24, 2.45) is 0 Å². The highest BCUT2D eigenvalue weighted by molar-refractivity contribution is 7.89. The summed E-state index contributed by atoms with van der Waals surface area (Å²) in [5.74, 6) is 0. The van der Waals surface area contributed by atoms with Crippen LogP contribution in [0.2, 0.25) is 0 Å². The van der Waals surface area contributed by atoms with Crippen molar-refractivity contribution in [3.05, 3.63) is 109 Å². The van der Waals surface area contributed by atoms with Gasteiger partial charge in [0.25, 0.3) is 0 Å². The molecule has 2 unspecified atom stereocenters. The summed E-state index contributed by atoms with van der Waals surface area (Å²) in [6.45, 7) is 2.31. The number of benzene rings is 2. The number of hydrogen-bond donors (Lipinski definition) is 0. The van der Waals surface area contributed by atoms with Gasteiger partial charge in [-0.25, -0.2) is 0 Å². The summed E-state index contributed by atoms with van der Waals surface area (Å²) in [5, 5.41) is 3.22. The first-order valence-corrected chi connectivity index (χ1v) is 12.7. The molecule has 2 heterocycles. The van der Waals surface area contributed by atoms with Crippen LogP contribution >= 0.6 is 15.8 Å². The first-order valence-electron chi connectivity index (χ1n) is 9.89. The second-order valence-electron chi connectivity index (χ2n) is 6.68. The molecule has 0 bridgehead atoms. The van der Waals surface area contributed by atoms with E-state index in [9.17, 15) is 0 Å². The molecule has 4 heteroatoms. The van der Waals surface area contributed by atoms with E-state index in [2.05, 4.69) is 91.9 Å². The lowest BCUT2D eigenvalue weighted by Crippen LogP contribution is -2.29. The Morgan fingerprint density at radius 3 is 1.34 bits per heavy atom. The van der Waals surface area contributed by atoms with Crippen molar-refractivity contribution in [3.63, 3.8) is 0 Å². The third-order valence-corrected chi connectivity index (χ3v) is 11.4. The van der Waals surface area contributed by atoms with E-state index >= 15 is 0 Å². The fourth-order valence-corrected chi connectivity index (χ4v) is 10.4. The Bertz CT molecular complexity index is 834. The molecule has 0 amide bonds. The summed E-state index contributed by atoms with van der Waals surface area (Å²) < 4.78 is 0. The van der Waals surface area contributed by atoms with E-state index in [-0.39, 0.29) is 0 Å². The molecule has 0 N–H and O–H groups in total. The lowest BCUT2D eigenvalue weighted by molar-refractivity contribution is 1.04. The van der Waals surface area contributed by atoms with Crippen molar-refractivity contribution in [3.8, 4) is 0 Å². The molecule has 29 heavy (non-hydrogen) atoms. The van der Waals surface area contributed by atoms with E-state index < -0.39 is 15.8 Å². The van der Waals surface area contributed by atoms with Crippen LogP contribution in [0.25, 0.3) is 0 Å². The SMILES string of the molecule is CCC(P(c1ccccc1)c1ccccn1)P(c1ccccc1)c1ccccn1. The van der Waals surface area contributed by atoms with E-state index in [4.69, 9.17) is 9.97 Å². The molecule has 0 aliphatic rings. The van der Waals surface area contributed by atoms with Gasteiger partial charge >= 0.3 is 0 Å². The molecule has 0 spiro atoms. The summed E-state index contributed by atoms with van der Waals surface area (Å²) in [4.78, 5) is 9.63. The lowest BCUT2D eigenvalue weighted by atomic mass is 10.4. The summed E-state index contributed by atoms with van der Waals surface area (Å²) in [7, 11) is -1.25. The number of aromatic nitrogens is 2. The number of pyridine rings is 2. The minimum Gasteiger partial charge on any atom is -0.256 e. The molecule has 144 valence electrons. The van der Waals surface area contributed by atoms with Crippen molar-refractivity contribution >= 4 is 37.3 Å². The molecule has 0 saturated heterocycles. The van der Waals surface area contributed by atoms with E-state index in [1.807, 2.05) is 24.5 Å². The molecular weight excluding hydrogens is 390 g/mol. The maximum Gasteiger partial charge on any atom is 0.0682 e. The average Bonchev–Trinajstić information content (AvgIpc) is 2.81. The first-order chi connectivity index (χ1) is 14.4. The van der Waals surface area contributed by atoms with E-state index in [0.717, 1.165) is 6.42 Å². The van der Waals surface area contributed by atoms with Gasteiger partial charge < -0.3 is 0 Å². The largest absolute Gasteiger partial charge is 0.256 e. The van der Waals surface area contributed by atoms with Gasteiger partial charge in [-0.1, -0.05) is 79.7 Å². The Morgan fingerprint density at radius 2 is 1.00 bits per heavy atom. The van der Waals surface area contributed by atoms with Crippen molar-refractivity contribution in [1.82, 2.24) is 9.97 Å². The number of hydrogen-bond acceptors (Lipinski definition) is 2. The Balaban J connectivity index is 1.88. The second-order valence-corrected chi connectivity index (χ2v) is 11.8. The standard InChI is InChI=1S/C25H24N2P2/c1-2-25(28(21-13-5-3-6-14-21)23-17-9-11-19-26-23)29(22-15-7-4-8-16-22)24-18-10-12-20-27-24/h3-20,25H,2H2,1H3. The Morgan fingerprint density at radius 1 is 0.586 bits per heavy atom. The molecule has 0 aliphatic carbocycles. The summed E-state index contributed by atoms with van der Waals surface area (Å²) >= 11 is 0. The topological polar surface area (TPSA) is 25.8 Å². The molecule has 2 atom stereocenters. The molecular formula is C25H24N2P2. The molecule has 0 aliphatic heterocycles. The van der Waals surface area contributed by atoms with Crippen LogP contribution in [0.15, 0.2) is 109 Å². The Hall–Kier alpha value is -2.40. The van der Waals surface area contributed by atoms with Crippen LogP contribution in [0.4, 0.5) is 0 Å². The number of nitrogens with zero attached hydrogens (tertiary/aromatic N) is 2. The van der Waals surface area contributed by atoms with Crippen LogP contribution in [0.1, 0.15) is 13.3 Å². The van der Waals surface area contributed by atoms with Gasteiger partial charge in [0, 0.05) is 17.8 Å². The Labute approximate surface area is 175 Å². The lowest BCUT2D eigenvalue weighted by Gasteiger charge is -2.34. The van der Waals surface area contributed by atoms with Crippen molar-refractivity contribution in [2.45, 2.75) is 18.7 Å². The first kappa shape index (κ1) is 19.9. The van der Waals surface area contributed by atoms with Gasteiger partial charge in [0.2, 0.25) is 0 Å². The smallest absolute Gasteiger partial charge is 0.0682 e.